The molecule has 21 heavy (non-hydrogen) atoms. The van der Waals surface area contributed by atoms with Crippen molar-refractivity contribution in [1.82, 2.24) is 0 Å². The van der Waals surface area contributed by atoms with Gasteiger partial charge in [0.1, 0.15) is 12.4 Å². The molecule has 0 spiro atoms. The molecule has 0 aliphatic carbocycles. The summed E-state index contributed by atoms with van der Waals surface area (Å²) in [7, 11) is 0. The second-order valence-corrected chi connectivity index (χ2v) is 5.72. The van der Waals surface area contributed by atoms with Crippen molar-refractivity contribution >= 4 is 11.4 Å². The minimum atomic E-state index is 0.737. The standard InChI is InChI=1S/C18H20N2O/c1-2-9-17-15(5-1)13-20(11-12-21-17)16-8-3-6-14-7-4-10-19-18(14)16/h1-3,5-6,8-9,19H,4,7,10-13H2. The molecule has 0 saturated carbocycles. The first-order chi connectivity index (χ1) is 10.4. The predicted octanol–water partition coefficient (Wildman–Crippen LogP) is 3.44. The van der Waals surface area contributed by atoms with Gasteiger partial charge in [0.25, 0.3) is 0 Å². The summed E-state index contributed by atoms with van der Waals surface area (Å²) in [5.74, 6) is 1.03. The van der Waals surface area contributed by atoms with Gasteiger partial charge in [0.15, 0.2) is 0 Å². The maximum Gasteiger partial charge on any atom is 0.124 e. The minimum absolute atomic E-state index is 0.737. The molecule has 0 fully saturated rings. The fraction of sp³-hybridized carbons (Fsp3) is 0.333. The van der Waals surface area contributed by atoms with Crippen LogP contribution in [0.25, 0.3) is 0 Å². The number of para-hydroxylation sites is 2. The maximum absolute atomic E-state index is 5.88. The number of fused-ring (bicyclic) bond motifs is 2. The molecule has 2 aromatic carbocycles. The second-order valence-electron chi connectivity index (χ2n) is 5.72. The van der Waals surface area contributed by atoms with Gasteiger partial charge in [-0.3, -0.25) is 0 Å². The zero-order chi connectivity index (χ0) is 14.1. The van der Waals surface area contributed by atoms with Crippen LogP contribution in [-0.2, 0) is 13.0 Å². The van der Waals surface area contributed by atoms with Gasteiger partial charge < -0.3 is 15.0 Å². The van der Waals surface area contributed by atoms with E-state index >= 15 is 0 Å². The van der Waals surface area contributed by atoms with Crippen molar-refractivity contribution < 1.29 is 4.74 Å². The van der Waals surface area contributed by atoms with Gasteiger partial charge in [0, 0.05) is 18.7 Å². The van der Waals surface area contributed by atoms with Gasteiger partial charge in [0.2, 0.25) is 0 Å². The highest BCUT2D eigenvalue weighted by atomic mass is 16.5. The van der Waals surface area contributed by atoms with E-state index in [1.54, 1.807) is 0 Å². The molecule has 0 saturated heterocycles. The summed E-state index contributed by atoms with van der Waals surface area (Å²) in [6.45, 7) is 3.65. The number of nitrogens with one attached hydrogen (secondary N) is 1. The van der Waals surface area contributed by atoms with E-state index in [2.05, 4.69) is 46.6 Å². The lowest BCUT2D eigenvalue weighted by Gasteiger charge is -2.29. The van der Waals surface area contributed by atoms with Crippen LogP contribution < -0.4 is 15.0 Å². The molecule has 2 aromatic rings. The Kier molecular flexibility index (Phi) is 3.18. The van der Waals surface area contributed by atoms with Crippen LogP contribution in [0, 0.1) is 0 Å². The first-order valence-corrected chi connectivity index (χ1v) is 7.73. The number of rotatable bonds is 1. The minimum Gasteiger partial charge on any atom is -0.491 e. The smallest absolute Gasteiger partial charge is 0.124 e. The molecule has 2 aliphatic heterocycles. The Morgan fingerprint density at radius 3 is 2.90 bits per heavy atom. The largest absolute Gasteiger partial charge is 0.491 e. The van der Waals surface area contributed by atoms with Gasteiger partial charge in [-0.1, -0.05) is 30.3 Å². The van der Waals surface area contributed by atoms with E-state index < -0.39 is 0 Å². The molecule has 0 bridgehead atoms. The van der Waals surface area contributed by atoms with Crippen LogP contribution >= 0.6 is 0 Å². The average molecular weight is 280 g/mol. The van der Waals surface area contributed by atoms with Gasteiger partial charge >= 0.3 is 0 Å². The molecule has 3 heteroatoms. The monoisotopic (exact) mass is 280 g/mol. The summed E-state index contributed by atoms with van der Waals surface area (Å²) >= 11 is 0. The lowest BCUT2D eigenvalue weighted by Crippen LogP contribution is -2.27. The molecule has 0 atom stereocenters. The van der Waals surface area contributed by atoms with E-state index in [-0.39, 0.29) is 0 Å². The Morgan fingerprint density at radius 2 is 1.90 bits per heavy atom. The number of hydrogen-bond acceptors (Lipinski definition) is 3. The zero-order valence-corrected chi connectivity index (χ0v) is 12.1. The molecule has 0 amide bonds. The van der Waals surface area contributed by atoms with Crippen LogP contribution in [0.2, 0.25) is 0 Å². The topological polar surface area (TPSA) is 24.5 Å². The van der Waals surface area contributed by atoms with E-state index in [9.17, 15) is 0 Å². The molecule has 0 unspecified atom stereocenters. The van der Waals surface area contributed by atoms with Crippen molar-refractivity contribution in [3.8, 4) is 5.75 Å². The summed E-state index contributed by atoms with van der Waals surface area (Å²) in [6.07, 6.45) is 2.40. The number of aryl methyl sites for hydroxylation is 1. The van der Waals surface area contributed by atoms with Crippen molar-refractivity contribution in [1.29, 1.82) is 0 Å². The number of nitrogens with zero attached hydrogens (tertiary/aromatic N) is 1. The Balaban J connectivity index is 1.71. The Bertz CT molecular complexity index is 653. The lowest BCUT2D eigenvalue weighted by molar-refractivity contribution is 0.331. The third-order valence-corrected chi connectivity index (χ3v) is 4.35. The third-order valence-electron chi connectivity index (χ3n) is 4.35. The van der Waals surface area contributed by atoms with E-state index in [0.717, 1.165) is 32.0 Å². The molecule has 1 N–H and O–H groups in total. The normalized spacial score (nSPS) is 17.0. The summed E-state index contributed by atoms with van der Waals surface area (Å²) in [6, 6.07) is 15.0. The number of anilines is 2. The van der Waals surface area contributed by atoms with E-state index in [1.165, 1.54) is 35.3 Å². The molecule has 3 nitrogen and oxygen atoms in total. The van der Waals surface area contributed by atoms with E-state index in [0.29, 0.717) is 0 Å². The Labute approximate surface area is 125 Å². The Hall–Kier alpha value is -2.16. The summed E-state index contributed by atoms with van der Waals surface area (Å²) < 4.78 is 5.88. The second kappa shape index (κ2) is 5.32. The molecule has 0 radical (unpaired) electrons. The predicted molar refractivity (Wildman–Crippen MR) is 86.2 cm³/mol. The van der Waals surface area contributed by atoms with Crippen LogP contribution in [0.4, 0.5) is 11.4 Å². The van der Waals surface area contributed by atoms with Crippen LogP contribution in [0.1, 0.15) is 17.5 Å². The highest BCUT2D eigenvalue weighted by Gasteiger charge is 2.20. The van der Waals surface area contributed by atoms with E-state index in [1.807, 2.05) is 6.07 Å². The van der Waals surface area contributed by atoms with Gasteiger partial charge in [-0.05, 0) is 30.5 Å². The fourth-order valence-corrected chi connectivity index (χ4v) is 3.29. The molecule has 108 valence electrons. The lowest BCUT2D eigenvalue weighted by atomic mass is 10.0. The van der Waals surface area contributed by atoms with Gasteiger partial charge in [-0.2, -0.15) is 0 Å². The Morgan fingerprint density at radius 1 is 1.00 bits per heavy atom. The van der Waals surface area contributed by atoms with E-state index in [4.69, 9.17) is 4.74 Å². The fourth-order valence-electron chi connectivity index (χ4n) is 3.29. The quantitative estimate of drug-likeness (QED) is 0.866. The summed E-state index contributed by atoms with van der Waals surface area (Å²) in [4.78, 5) is 2.43. The van der Waals surface area contributed by atoms with Crippen molar-refractivity contribution in [2.75, 3.05) is 29.9 Å². The van der Waals surface area contributed by atoms with Crippen molar-refractivity contribution in [2.45, 2.75) is 19.4 Å². The van der Waals surface area contributed by atoms with Gasteiger partial charge in [-0.25, -0.2) is 0 Å². The van der Waals surface area contributed by atoms with Crippen LogP contribution in [-0.4, -0.2) is 19.7 Å². The summed E-state index contributed by atoms with van der Waals surface area (Å²) in [5.41, 5.74) is 5.34. The number of ether oxygens (including phenoxy) is 1. The first kappa shape index (κ1) is 12.6. The molecular formula is C18H20N2O. The first-order valence-electron chi connectivity index (χ1n) is 7.73. The van der Waals surface area contributed by atoms with Crippen LogP contribution in [0.15, 0.2) is 42.5 Å². The maximum atomic E-state index is 5.88. The number of benzene rings is 2. The van der Waals surface area contributed by atoms with Gasteiger partial charge in [-0.15, -0.1) is 0 Å². The van der Waals surface area contributed by atoms with Crippen LogP contribution in [0.5, 0.6) is 5.75 Å². The molecule has 0 aromatic heterocycles. The molecule has 4 rings (SSSR count). The average Bonchev–Trinajstić information content (AvgIpc) is 2.76. The zero-order valence-electron chi connectivity index (χ0n) is 12.1. The molecule has 2 aliphatic rings. The third kappa shape index (κ3) is 2.33. The van der Waals surface area contributed by atoms with Crippen molar-refractivity contribution in [3.05, 3.63) is 53.6 Å². The van der Waals surface area contributed by atoms with Crippen molar-refractivity contribution in [3.63, 3.8) is 0 Å². The SMILES string of the molecule is c1ccc2c(c1)CN(c1cccc3c1NCCC3)CCO2. The number of hydrogen-bond donors (Lipinski definition) is 1. The van der Waals surface area contributed by atoms with Gasteiger partial charge in [0.05, 0.1) is 17.9 Å². The van der Waals surface area contributed by atoms with Crippen molar-refractivity contribution in [2.24, 2.45) is 0 Å². The van der Waals surface area contributed by atoms with Crippen LogP contribution in [0.3, 0.4) is 0 Å². The molecular weight excluding hydrogens is 260 g/mol. The molecule has 2 heterocycles. The highest BCUT2D eigenvalue weighted by molar-refractivity contribution is 5.74. The highest BCUT2D eigenvalue weighted by Crippen LogP contribution is 2.35. The summed E-state index contributed by atoms with van der Waals surface area (Å²) in [5, 5.41) is 3.59.